The van der Waals surface area contributed by atoms with Crippen molar-refractivity contribution >= 4 is 88.2 Å². The molecular weight excluding hydrogens is 1420 g/mol. The molecule has 560 valence electrons. The predicted molar refractivity (Wildman–Crippen MR) is 328 cm³/mol. The number of carbonyl (C=O) groups excluding carboxylic acids is 8. The maximum atomic E-state index is 12.2. The van der Waals surface area contributed by atoms with Crippen LogP contribution in [0.2, 0.25) is 0 Å². The average molecular weight is 1510 g/mol. The summed E-state index contributed by atoms with van der Waals surface area (Å²) in [6.07, 6.45) is -4.08. The monoisotopic (exact) mass is 1500 g/mol. The minimum Gasteiger partial charge on any atom is -0.461 e. The molecule has 20 atom stereocenters. The lowest BCUT2D eigenvalue weighted by atomic mass is 9.67. The van der Waals surface area contributed by atoms with E-state index in [0.717, 1.165) is 6.08 Å². The molecule has 0 saturated carbocycles. The number of esters is 8. The van der Waals surface area contributed by atoms with Gasteiger partial charge in [-0.2, -0.15) is 33.7 Å². The van der Waals surface area contributed by atoms with Gasteiger partial charge in [0, 0.05) is 29.2 Å². The first kappa shape index (κ1) is 78.2. The molecule has 0 aromatic carbocycles. The highest BCUT2D eigenvalue weighted by atomic mass is 32.2. The van der Waals surface area contributed by atoms with Gasteiger partial charge >= 0.3 is 47.8 Å². The molecule has 12 saturated heterocycles. The molecule has 0 amide bonds. The maximum absolute atomic E-state index is 12.2. The Morgan fingerprint density at radius 1 is 0.470 bits per heavy atom. The molecule has 36 nitrogen and oxygen atoms in total. The lowest BCUT2D eigenvalue weighted by Crippen LogP contribution is -2.64. The molecule has 0 spiro atoms. The molecule has 12 rings (SSSR count). The zero-order valence-electron chi connectivity index (χ0n) is 55.7. The molecule has 0 N–H and O–H groups in total. The highest BCUT2D eigenvalue weighted by Gasteiger charge is 2.83. The van der Waals surface area contributed by atoms with E-state index < -0.39 is 211 Å². The standard InChI is InChI=1S/C17H24O9S.2C15H20O9S.C13H16O9S/c1-10(2)14(19)23-7-6-22-12(18)9-24-17(5)15(3)8-11-13(25-15)16(17,4)26-27(11,20)21;1-8(2)14(17)21-5-4-20-11(16)7-22-15(3)10-6-9-12(23-10)13(15)24-25(9,18)19;1-8(2)14(17)21-5-4-20-11(16)7-22-12-9-6-10-15(3,23-9)13(12)24-25(10,18)19;1-2-9(14)20-6-10(15)18-3-4-19-11-7-5-8-12(21-7)13(11)22-23(8,16)17/h11,13H,1,6-9H2,2-5H3;2*9-10,12-13H,1,4-7H2,2-3H3;2,7-8,11-13H,1,3-6H2. The zero-order chi connectivity index (χ0) is 73.7. The summed E-state index contributed by atoms with van der Waals surface area (Å²) in [5, 5.41) is -2.67. The average Bonchev–Trinajstić information content (AvgIpc) is 1.52. The van der Waals surface area contributed by atoms with Gasteiger partial charge in [0.1, 0.15) is 158 Å². The van der Waals surface area contributed by atoms with Crippen molar-refractivity contribution in [2.24, 2.45) is 0 Å². The molecule has 12 aliphatic rings. The van der Waals surface area contributed by atoms with Crippen LogP contribution in [0, 0.1) is 0 Å². The van der Waals surface area contributed by atoms with Crippen molar-refractivity contribution in [3.63, 3.8) is 0 Å². The zero-order valence-corrected chi connectivity index (χ0v) is 59.0. The van der Waals surface area contributed by atoms with Gasteiger partial charge in [0.15, 0.2) is 6.61 Å². The predicted octanol–water partition coefficient (Wildman–Crippen LogP) is -1.23. The van der Waals surface area contributed by atoms with Gasteiger partial charge in [0.2, 0.25) is 0 Å². The number of carbonyl (C=O) groups is 8. The molecule has 0 aromatic rings. The fourth-order valence-electron chi connectivity index (χ4n) is 13.9. The van der Waals surface area contributed by atoms with Crippen LogP contribution in [0.5, 0.6) is 0 Å². The Kier molecular flexibility index (Phi) is 23.2. The molecule has 0 radical (unpaired) electrons. The number of rotatable bonds is 28. The smallest absolute Gasteiger partial charge is 0.344 e. The van der Waals surface area contributed by atoms with Crippen molar-refractivity contribution in [1.29, 1.82) is 0 Å². The van der Waals surface area contributed by atoms with Crippen LogP contribution in [-0.4, -0.2) is 277 Å². The third-order valence-corrected chi connectivity index (χ3v) is 26.1. The van der Waals surface area contributed by atoms with E-state index in [1.807, 2.05) is 0 Å². The Balaban J connectivity index is 0.000000156. The highest BCUT2D eigenvalue weighted by Crippen LogP contribution is 2.65. The van der Waals surface area contributed by atoms with Gasteiger partial charge in [0.25, 0.3) is 40.5 Å². The van der Waals surface area contributed by atoms with Gasteiger partial charge < -0.3 is 75.8 Å². The Hall–Kier alpha value is -5.96. The van der Waals surface area contributed by atoms with Gasteiger partial charge in [-0.15, -0.1) is 0 Å². The van der Waals surface area contributed by atoms with E-state index in [2.05, 4.69) is 31.1 Å². The summed E-state index contributed by atoms with van der Waals surface area (Å²) in [4.78, 5) is 91.0. The van der Waals surface area contributed by atoms with Crippen molar-refractivity contribution in [2.45, 2.75) is 197 Å². The highest BCUT2D eigenvalue weighted by molar-refractivity contribution is 7.88. The third-order valence-electron chi connectivity index (χ3n) is 19.1. The fourth-order valence-corrected chi connectivity index (χ4v) is 21.1. The lowest BCUT2D eigenvalue weighted by Gasteiger charge is -2.45. The summed E-state index contributed by atoms with van der Waals surface area (Å²) in [5.41, 5.74) is -4.49. The van der Waals surface area contributed by atoms with Crippen LogP contribution < -0.4 is 0 Å². The van der Waals surface area contributed by atoms with Crippen LogP contribution in [0.3, 0.4) is 0 Å². The Bertz CT molecular complexity index is 3760. The topological polar surface area (TPSA) is 458 Å². The van der Waals surface area contributed by atoms with Crippen LogP contribution >= 0.6 is 0 Å². The van der Waals surface area contributed by atoms with E-state index in [1.165, 1.54) is 20.8 Å². The lowest BCUT2D eigenvalue weighted by molar-refractivity contribution is -0.190. The summed E-state index contributed by atoms with van der Waals surface area (Å²) in [6, 6.07) is 0. The summed E-state index contributed by atoms with van der Waals surface area (Å²) in [5.74, 6) is -5.11. The largest absolute Gasteiger partial charge is 0.461 e. The number of hydrogen-bond acceptors (Lipinski definition) is 36. The molecule has 12 fully saturated rings. The minimum atomic E-state index is -3.75. The quantitative estimate of drug-likeness (QED) is 0.0291. The SMILES string of the molecule is C=C(C)C(=O)OCCOC(=O)COC1(C)C2(C)CC3C(O2)C1(C)OS3(=O)=O.C=C(C)C(=O)OCCOC(=O)COC1(C)C2CC3C(O2)C1OS3(=O)=O.C=C(C)C(=O)OCCOC(=O)COC1C2CC3C(C)(O2)C1OS3(=O)=O.C=CC(=O)OCC(=O)OCCOC1C2CC3C(O2)C1OS3(=O)=O. The van der Waals surface area contributed by atoms with E-state index >= 15 is 0 Å². The number of ether oxygens (including phenoxy) is 16. The van der Waals surface area contributed by atoms with E-state index in [-0.39, 0.29) is 108 Å². The summed E-state index contributed by atoms with van der Waals surface area (Å²) in [7, 11) is -14.6. The van der Waals surface area contributed by atoms with Crippen molar-refractivity contribution < 1.29 is 165 Å². The van der Waals surface area contributed by atoms with Crippen LogP contribution in [-0.2, 0) is 171 Å². The van der Waals surface area contributed by atoms with Crippen LogP contribution in [0.1, 0.15) is 81.1 Å². The molecular formula is C60H80O36S4. The molecule has 20 unspecified atom stereocenters. The first-order valence-electron chi connectivity index (χ1n) is 31.4. The first-order chi connectivity index (χ1) is 46.6. The van der Waals surface area contributed by atoms with Gasteiger partial charge in [0.05, 0.1) is 30.5 Å². The molecule has 100 heavy (non-hydrogen) atoms. The van der Waals surface area contributed by atoms with Crippen LogP contribution in [0.4, 0.5) is 0 Å². The van der Waals surface area contributed by atoms with Crippen LogP contribution in [0.15, 0.2) is 49.1 Å². The van der Waals surface area contributed by atoms with Crippen molar-refractivity contribution in [3.05, 3.63) is 49.1 Å². The second-order valence-electron chi connectivity index (χ2n) is 26.0. The summed E-state index contributed by atoms with van der Waals surface area (Å²) < 4.78 is 200. The van der Waals surface area contributed by atoms with Crippen LogP contribution in [0.25, 0.3) is 0 Å². The fraction of sp³-hybridized carbons (Fsp3) is 0.733. The van der Waals surface area contributed by atoms with E-state index in [1.54, 1.807) is 34.6 Å². The van der Waals surface area contributed by atoms with Gasteiger partial charge in [-0.3, -0.25) is 16.7 Å². The van der Waals surface area contributed by atoms with Crippen molar-refractivity contribution in [2.75, 3.05) is 79.3 Å². The minimum absolute atomic E-state index is 0.0543. The third kappa shape index (κ3) is 15.5. The molecule has 40 heteroatoms. The van der Waals surface area contributed by atoms with Gasteiger partial charge in [-0.25, -0.2) is 38.4 Å². The number of hydrogen-bond donors (Lipinski definition) is 0. The maximum Gasteiger partial charge on any atom is 0.344 e. The Labute approximate surface area is 575 Å². The molecule has 0 aromatic heterocycles. The Morgan fingerprint density at radius 2 is 0.970 bits per heavy atom. The van der Waals surface area contributed by atoms with E-state index in [9.17, 15) is 72.0 Å². The second-order valence-corrected chi connectivity index (χ2v) is 33.0. The van der Waals surface area contributed by atoms with Crippen molar-refractivity contribution in [1.82, 2.24) is 0 Å². The van der Waals surface area contributed by atoms with E-state index in [0.29, 0.717) is 6.42 Å². The molecule has 0 aliphatic carbocycles. The second kappa shape index (κ2) is 29.7. The van der Waals surface area contributed by atoms with Gasteiger partial charge in [-0.1, -0.05) is 26.3 Å². The molecule has 8 bridgehead atoms. The molecule has 12 heterocycles. The number of fused-ring (bicyclic) bond motifs is 4. The molecule has 12 aliphatic heterocycles. The summed E-state index contributed by atoms with van der Waals surface area (Å²) >= 11 is 0. The van der Waals surface area contributed by atoms with E-state index in [4.69, 9.17) is 87.8 Å². The van der Waals surface area contributed by atoms with Gasteiger partial charge in [-0.05, 0) is 74.7 Å². The normalized spacial score (nSPS) is 37.8. The van der Waals surface area contributed by atoms with Crippen molar-refractivity contribution in [3.8, 4) is 0 Å². The summed E-state index contributed by atoms with van der Waals surface area (Å²) in [6.45, 7) is 24.1. The Morgan fingerprint density at radius 3 is 1.53 bits per heavy atom. The first-order valence-corrected chi connectivity index (χ1v) is 37.2.